The van der Waals surface area contributed by atoms with Crippen LogP contribution in [-0.4, -0.2) is 38.9 Å². The number of hydrogen-bond acceptors (Lipinski definition) is 4. The number of nitrogens with one attached hydrogen (secondary N) is 1. The molecular formula is C11H23NO3. The summed E-state index contributed by atoms with van der Waals surface area (Å²) in [5, 5.41) is 3.23. The third kappa shape index (κ3) is 5.14. The topological polar surface area (TPSA) is 47.6 Å². The van der Waals surface area contributed by atoms with Gasteiger partial charge in [0.25, 0.3) is 0 Å². The van der Waals surface area contributed by atoms with Crippen molar-refractivity contribution in [2.75, 3.05) is 27.4 Å². The molecule has 0 aliphatic heterocycles. The van der Waals surface area contributed by atoms with Crippen molar-refractivity contribution >= 4 is 5.97 Å². The zero-order valence-electron chi connectivity index (χ0n) is 10.4. The lowest BCUT2D eigenvalue weighted by atomic mass is 9.97. The third-order valence-electron chi connectivity index (χ3n) is 2.34. The Morgan fingerprint density at radius 1 is 1.40 bits per heavy atom. The maximum atomic E-state index is 11.6. The molecule has 0 saturated carbocycles. The van der Waals surface area contributed by atoms with Gasteiger partial charge in [0.05, 0.1) is 7.11 Å². The van der Waals surface area contributed by atoms with Crippen molar-refractivity contribution in [3.8, 4) is 0 Å². The van der Waals surface area contributed by atoms with Crippen LogP contribution in [0.1, 0.15) is 27.2 Å². The van der Waals surface area contributed by atoms with Gasteiger partial charge in [-0.2, -0.15) is 0 Å². The van der Waals surface area contributed by atoms with Crippen LogP contribution in [0, 0.1) is 5.92 Å². The number of methoxy groups -OCH3 is 2. The van der Waals surface area contributed by atoms with Crippen LogP contribution in [0.5, 0.6) is 0 Å². The molecule has 0 aliphatic rings. The van der Waals surface area contributed by atoms with E-state index in [9.17, 15) is 4.79 Å². The molecule has 0 spiro atoms. The van der Waals surface area contributed by atoms with Crippen molar-refractivity contribution in [3.05, 3.63) is 0 Å². The van der Waals surface area contributed by atoms with Crippen LogP contribution in [0.4, 0.5) is 0 Å². The van der Waals surface area contributed by atoms with Crippen molar-refractivity contribution in [2.24, 2.45) is 5.92 Å². The fraction of sp³-hybridized carbons (Fsp3) is 0.909. The Morgan fingerprint density at radius 2 is 2.00 bits per heavy atom. The van der Waals surface area contributed by atoms with Crippen LogP contribution in [0.3, 0.4) is 0 Å². The number of carbonyl (C=O) groups excluding carboxylic acids is 1. The zero-order chi connectivity index (χ0) is 11.9. The second-order valence-electron chi connectivity index (χ2n) is 4.34. The van der Waals surface area contributed by atoms with Crippen LogP contribution in [-0.2, 0) is 14.3 Å². The highest BCUT2D eigenvalue weighted by Gasteiger charge is 2.33. The smallest absolute Gasteiger partial charge is 0.325 e. The van der Waals surface area contributed by atoms with Crippen LogP contribution in [0.25, 0.3) is 0 Å². The molecule has 1 atom stereocenters. The van der Waals surface area contributed by atoms with Gasteiger partial charge in [-0.3, -0.25) is 4.79 Å². The molecule has 0 aromatic carbocycles. The molecule has 1 N–H and O–H groups in total. The molecule has 0 saturated heterocycles. The molecule has 15 heavy (non-hydrogen) atoms. The van der Waals surface area contributed by atoms with Crippen LogP contribution in [0.15, 0.2) is 0 Å². The normalized spacial score (nSPS) is 15.1. The largest absolute Gasteiger partial charge is 0.468 e. The molecule has 4 nitrogen and oxygen atoms in total. The summed E-state index contributed by atoms with van der Waals surface area (Å²) in [5.74, 6) is 0.261. The van der Waals surface area contributed by atoms with E-state index in [0.29, 0.717) is 18.9 Å². The zero-order valence-corrected chi connectivity index (χ0v) is 10.4. The molecule has 0 aromatic heterocycles. The Balaban J connectivity index is 4.33. The number of carbonyl (C=O) groups is 1. The summed E-state index contributed by atoms with van der Waals surface area (Å²) in [6.45, 7) is 7.37. The van der Waals surface area contributed by atoms with Gasteiger partial charge in [-0.1, -0.05) is 13.8 Å². The molecule has 0 fully saturated rings. The van der Waals surface area contributed by atoms with E-state index in [4.69, 9.17) is 9.47 Å². The van der Waals surface area contributed by atoms with E-state index in [-0.39, 0.29) is 5.97 Å². The molecule has 0 radical (unpaired) electrons. The van der Waals surface area contributed by atoms with Gasteiger partial charge < -0.3 is 14.8 Å². The van der Waals surface area contributed by atoms with Crippen LogP contribution >= 0.6 is 0 Å². The van der Waals surface area contributed by atoms with Crippen LogP contribution in [0.2, 0.25) is 0 Å². The highest BCUT2D eigenvalue weighted by Crippen LogP contribution is 2.12. The van der Waals surface area contributed by atoms with Crippen molar-refractivity contribution < 1.29 is 14.3 Å². The Hall–Kier alpha value is -0.610. The number of esters is 1. The lowest BCUT2D eigenvalue weighted by Gasteiger charge is -2.28. The van der Waals surface area contributed by atoms with Gasteiger partial charge in [-0.25, -0.2) is 0 Å². The molecule has 90 valence electrons. The molecule has 0 amide bonds. The molecule has 0 aliphatic carbocycles. The number of hydrogen-bond donors (Lipinski definition) is 1. The quantitative estimate of drug-likeness (QED) is 0.651. The lowest BCUT2D eigenvalue weighted by Crippen LogP contribution is -2.52. The van der Waals surface area contributed by atoms with Gasteiger partial charge in [-0.15, -0.1) is 0 Å². The minimum absolute atomic E-state index is 0.236. The first-order valence-electron chi connectivity index (χ1n) is 5.28. The van der Waals surface area contributed by atoms with E-state index in [0.717, 1.165) is 6.54 Å². The van der Waals surface area contributed by atoms with Crippen molar-refractivity contribution in [3.63, 3.8) is 0 Å². The fourth-order valence-corrected chi connectivity index (χ4v) is 1.22. The average molecular weight is 217 g/mol. The predicted octanol–water partition coefficient (Wildman–Crippen LogP) is 1.20. The number of ether oxygens (including phenoxy) is 2. The second-order valence-corrected chi connectivity index (χ2v) is 4.34. The molecule has 0 heterocycles. The van der Waals surface area contributed by atoms with Crippen LogP contribution < -0.4 is 5.32 Å². The maximum Gasteiger partial charge on any atom is 0.325 e. The highest BCUT2D eigenvalue weighted by atomic mass is 16.5. The molecular weight excluding hydrogens is 194 g/mol. The highest BCUT2D eigenvalue weighted by molar-refractivity contribution is 5.80. The van der Waals surface area contributed by atoms with E-state index in [1.165, 1.54) is 7.11 Å². The summed E-state index contributed by atoms with van der Waals surface area (Å²) in [4.78, 5) is 11.6. The Kier molecular flexibility index (Phi) is 6.52. The van der Waals surface area contributed by atoms with Gasteiger partial charge in [0, 0.05) is 13.7 Å². The number of rotatable bonds is 7. The first kappa shape index (κ1) is 14.4. The van der Waals surface area contributed by atoms with E-state index < -0.39 is 5.54 Å². The van der Waals surface area contributed by atoms with E-state index in [1.807, 2.05) is 6.92 Å². The fourth-order valence-electron chi connectivity index (χ4n) is 1.22. The maximum absolute atomic E-state index is 11.6. The van der Waals surface area contributed by atoms with Gasteiger partial charge in [0.15, 0.2) is 0 Å². The summed E-state index contributed by atoms with van der Waals surface area (Å²) in [6.07, 6.45) is 0.614. The molecule has 1 unspecified atom stereocenters. The lowest BCUT2D eigenvalue weighted by molar-refractivity contribution is -0.148. The predicted molar refractivity (Wildman–Crippen MR) is 59.8 cm³/mol. The van der Waals surface area contributed by atoms with Crippen molar-refractivity contribution in [1.82, 2.24) is 5.32 Å². The molecule has 0 aromatic rings. The Labute approximate surface area is 92.3 Å². The van der Waals surface area contributed by atoms with Crippen molar-refractivity contribution in [2.45, 2.75) is 32.7 Å². The third-order valence-corrected chi connectivity index (χ3v) is 2.34. The minimum atomic E-state index is -0.644. The standard InChI is InChI=1S/C11H23NO3/c1-9(2)8-12-11(3,6-7-14-4)10(13)15-5/h9,12H,6-8H2,1-5H3. The SMILES string of the molecule is COCCC(C)(NCC(C)C)C(=O)OC. The average Bonchev–Trinajstić information content (AvgIpc) is 2.22. The Morgan fingerprint density at radius 3 is 2.40 bits per heavy atom. The summed E-state index contributed by atoms with van der Waals surface area (Å²) in [7, 11) is 3.03. The summed E-state index contributed by atoms with van der Waals surface area (Å²) in [5.41, 5.74) is -0.644. The summed E-state index contributed by atoms with van der Waals surface area (Å²) in [6, 6.07) is 0. The molecule has 0 bridgehead atoms. The van der Waals surface area contributed by atoms with E-state index in [2.05, 4.69) is 19.2 Å². The minimum Gasteiger partial charge on any atom is -0.468 e. The van der Waals surface area contributed by atoms with Gasteiger partial charge in [-0.05, 0) is 25.8 Å². The van der Waals surface area contributed by atoms with E-state index >= 15 is 0 Å². The first-order chi connectivity index (χ1) is 6.96. The van der Waals surface area contributed by atoms with Crippen molar-refractivity contribution in [1.29, 1.82) is 0 Å². The molecule has 4 heteroatoms. The van der Waals surface area contributed by atoms with E-state index in [1.54, 1.807) is 7.11 Å². The van der Waals surface area contributed by atoms with Gasteiger partial charge >= 0.3 is 5.97 Å². The monoisotopic (exact) mass is 217 g/mol. The van der Waals surface area contributed by atoms with Gasteiger partial charge in [0.2, 0.25) is 0 Å². The molecule has 0 rings (SSSR count). The Bertz CT molecular complexity index is 194. The van der Waals surface area contributed by atoms with Gasteiger partial charge in [0.1, 0.15) is 5.54 Å². The second kappa shape index (κ2) is 6.80. The summed E-state index contributed by atoms with van der Waals surface area (Å²) < 4.78 is 9.78. The summed E-state index contributed by atoms with van der Waals surface area (Å²) >= 11 is 0. The first-order valence-corrected chi connectivity index (χ1v) is 5.28.